The molecule has 0 unspecified atom stereocenters. The predicted octanol–water partition coefficient (Wildman–Crippen LogP) is 6.67. The summed E-state index contributed by atoms with van der Waals surface area (Å²) in [5.74, 6) is -0.304. The molecule has 194 valence electrons. The summed E-state index contributed by atoms with van der Waals surface area (Å²) in [5.41, 5.74) is 5.76. The number of rotatable bonds is 20. The average molecular weight is 480 g/mol. The third-order valence-corrected chi connectivity index (χ3v) is 6.33. The largest absolute Gasteiger partial charge is 0.465 e. The zero-order valence-electron chi connectivity index (χ0n) is 21.4. The number of carbonyl (C=O) groups excluding carboxylic acids is 1. The molecule has 0 aromatic rings. The van der Waals surface area contributed by atoms with E-state index in [2.05, 4.69) is 6.92 Å². The van der Waals surface area contributed by atoms with E-state index >= 15 is 0 Å². The summed E-state index contributed by atoms with van der Waals surface area (Å²) >= 11 is 0. The van der Waals surface area contributed by atoms with Crippen LogP contribution in [0.2, 0.25) is 0 Å². The van der Waals surface area contributed by atoms with Crippen molar-refractivity contribution in [2.75, 3.05) is 12.4 Å². The van der Waals surface area contributed by atoms with Gasteiger partial charge < -0.3 is 10.5 Å². The molecular weight excluding hydrogens is 426 g/mol. The minimum atomic E-state index is -3.66. The van der Waals surface area contributed by atoms with E-state index in [-0.39, 0.29) is 17.6 Å². The van der Waals surface area contributed by atoms with Crippen LogP contribution < -0.4 is 5.73 Å². The van der Waals surface area contributed by atoms with Crippen molar-refractivity contribution in [2.45, 2.75) is 136 Å². The Bertz CT molecular complexity index is 508. The zero-order chi connectivity index (χ0) is 24.7. The van der Waals surface area contributed by atoms with Crippen LogP contribution in [0, 0.1) is 5.92 Å². The SMILES string of the molecule is CCCCCCCCCCCCCCCCCCOC(=O)[C@@H](N)C(C)C.CCS(=O)(=O)O. The maximum absolute atomic E-state index is 11.6. The summed E-state index contributed by atoms with van der Waals surface area (Å²) in [4.78, 5) is 11.6. The van der Waals surface area contributed by atoms with Crippen LogP contribution in [0.5, 0.6) is 0 Å². The highest BCUT2D eigenvalue weighted by Crippen LogP contribution is 2.13. The monoisotopic (exact) mass is 479 g/mol. The smallest absolute Gasteiger partial charge is 0.323 e. The molecule has 0 aliphatic rings. The first-order chi connectivity index (χ1) is 15.2. The lowest BCUT2D eigenvalue weighted by molar-refractivity contribution is -0.146. The Labute approximate surface area is 199 Å². The fourth-order valence-electron chi connectivity index (χ4n) is 3.19. The van der Waals surface area contributed by atoms with E-state index in [0.717, 1.165) is 12.8 Å². The van der Waals surface area contributed by atoms with Crippen molar-refractivity contribution in [3.8, 4) is 0 Å². The molecule has 0 aromatic carbocycles. The molecular formula is C25H53NO5S. The molecule has 0 saturated carbocycles. The van der Waals surface area contributed by atoms with Crippen LogP contribution in [0.1, 0.15) is 130 Å². The molecule has 0 aliphatic heterocycles. The van der Waals surface area contributed by atoms with Gasteiger partial charge in [-0.2, -0.15) is 8.42 Å². The van der Waals surface area contributed by atoms with Gasteiger partial charge in [0, 0.05) is 0 Å². The van der Waals surface area contributed by atoms with E-state index in [4.69, 9.17) is 15.0 Å². The minimum absolute atomic E-state index is 0.147. The maximum atomic E-state index is 11.6. The molecule has 0 fully saturated rings. The topological polar surface area (TPSA) is 107 Å². The second-order valence-electron chi connectivity index (χ2n) is 9.11. The van der Waals surface area contributed by atoms with Crippen LogP contribution >= 0.6 is 0 Å². The lowest BCUT2D eigenvalue weighted by Crippen LogP contribution is -2.37. The Balaban J connectivity index is 0. The molecule has 0 heterocycles. The third kappa shape index (κ3) is 27.4. The van der Waals surface area contributed by atoms with Crippen LogP contribution in [0.25, 0.3) is 0 Å². The number of carbonyl (C=O) groups is 1. The maximum Gasteiger partial charge on any atom is 0.323 e. The quantitative estimate of drug-likeness (QED) is 0.115. The van der Waals surface area contributed by atoms with Gasteiger partial charge >= 0.3 is 5.97 Å². The first-order valence-corrected chi connectivity index (χ1v) is 14.6. The Kier molecular flexibility index (Phi) is 24.6. The van der Waals surface area contributed by atoms with Gasteiger partial charge in [-0.05, 0) is 19.3 Å². The predicted molar refractivity (Wildman–Crippen MR) is 135 cm³/mol. The summed E-state index contributed by atoms with van der Waals surface area (Å²) in [6.45, 7) is 8.07. The first kappa shape index (κ1) is 33.5. The van der Waals surface area contributed by atoms with Crippen LogP contribution in [-0.4, -0.2) is 37.3 Å². The number of unbranched alkanes of at least 4 members (excludes halogenated alkanes) is 15. The van der Waals surface area contributed by atoms with Gasteiger partial charge in [0.05, 0.1) is 12.4 Å². The van der Waals surface area contributed by atoms with Gasteiger partial charge in [0.1, 0.15) is 6.04 Å². The molecule has 0 rings (SSSR count). The van der Waals surface area contributed by atoms with Gasteiger partial charge in [0.15, 0.2) is 0 Å². The molecule has 0 aliphatic carbocycles. The van der Waals surface area contributed by atoms with Crippen molar-refractivity contribution in [1.82, 2.24) is 0 Å². The van der Waals surface area contributed by atoms with E-state index in [1.807, 2.05) is 13.8 Å². The van der Waals surface area contributed by atoms with Gasteiger partial charge in [-0.1, -0.05) is 117 Å². The highest BCUT2D eigenvalue weighted by Gasteiger charge is 2.18. The molecule has 3 N–H and O–H groups in total. The van der Waals surface area contributed by atoms with Crippen molar-refractivity contribution in [1.29, 1.82) is 0 Å². The first-order valence-electron chi connectivity index (χ1n) is 13.0. The number of esters is 1. The molecule has 6 nitrogen and oxygen atoms in total. The van der Waals surface area contributed by atoms with Crippen molar-refractivity contribution in [3.05, 3.63) is 0 Å². The van der Waals surface area contributed by atoms with Crippen LogP contribution in [0.15, 0.2) is 0 Å². The van der Waals surface area contributed by atoms with Gasteiger partial charge in [-0.25, -0.2) is 0 Å². The lowest BCUT2D eigenvalue weighted by Gasteiger charge is -2.14. The Morgan fingerprint density at radius 1 is 0.750 bits per heavy atom. The normalized spacial score (nSPS) is 12.3. The van der Waals surface area contributed by atoms with E-state index in [1.165, 1.54) is 96.8 Å². The van der Waals surface area contributed by atoms with Gasteiger partial charge in [0.25, 0.3) is 10.1 Å². The van der Waals surface area contributed by atoms with Crippen molar-refractivity contribution >= 4 is 16.1 Å². The van der Waals surface area contributed by atoms with Crippen LogP contribution in [0.4, 0.5) is 0 Å². The second kappa shape index (κ2) is 23.5. The molecule has 7 heteroatoms. The Morgan fingerprint density at radius 3 is 1.34 bits per heavy atom. The number of hydrogen-bond acceptors (Lipinski definition) is 5. The summed E-state index contributed by atoms with van der Waals surface area (Å²) < 4.78 is 32.1. The summed E-state index contributed by atoms with van der Waals surface area (Å²) in [6, 6.07) is -0.476. The molecule has 0 spiro atoms. The molecule has 0 bridgehead atoms. The summed E-state index contributed by atoms with van der Waals surface area (Å²) in [7, 11) is -3.66. The van der Waals surface area contributed by atoms with E-state index in [1.54, 1.807) is 0 Å². The molecule has 0 saturated heterocycles. The Hall–Kier alpha value is -0.660. The second-order valence-corrected chi connectivity index (χ2v) is 10.9. The van der Waals surface area contributed by atoms with Crippen LogP contribution in [-0.2, 0) is 19.6 Å². The molecule has 0 aromatic heterocycles. The molecule has 32 heavy (non-hydrogen) atoms. The summed E-state index contributed by atoms with van der Waals surface area (Å²) in [6.07, 6.45) is 21.6. The number of hydrogen-bond donors (Lipinski definition) is 2. The van der Waals surface area contributed by atoms with Gasteiger partial charge in [-0.3, -0.25) is 9.35 Å². The van der Waals surface area contributed by atoms with Gasteiger partial charge in [-0.15, -0.1) is 0 Å². The summed E-state index contributed by atoms with van der Waals surface area (Å²) in [5, 5.41) is 0. The molecule has 1 atom stereocenters. The molecule has 0 radical (unpaired) electrons. The van der Waals surface area contributed by atoms with E-state index in [9.17, 15) is 13.2 Å². The number of ether oxygens (including phenoxy) is 1. The Morgan fingerprint density at radius 2 is 1.06 bits per heavy atom. The fraction of sp³-hybridized carbons (Fsp3) is 0.960. The lowest BCUT2D eigenvalue weighted by atomic mass is 10.0. The van der Waals surface area contributed by atoms with Crippen molar-refractivity contribution in [2.24, 2.45) is 11.7 Å². The van der Waals surface area contributed by atoms with E-state index in [0.29, 0.717) is 6.61 Å². The standard InChI is InChI=1S/C23H47NO2.C2H6O3S/c1-4-5-6-7-8-9-10-11-12-13-14-15-16-17-18-19-20-26-23(25)22(24)21(2)3;1-2-6(3,4)5/h21-22H,4-20,24H2,1-3H3;2H2,1H3,(H,3,4,5)/t22-;/m0./s1. The van der Waals surface area contributed by atoms with Crippen molar-refractivity contribution < 1.29 is 22.5 Å². The van der Waals surface area contributed by atoms with E-state index < -0.39 is 16.2 Å². The average Bonchev–Trinajstić information content (AvgIpc) is 2.75. The zero-order valence-corrected chi connectivity index (χ0v) is 22.3. The highest BCUT2D eigenvalue weighted by molar-refractivity contribution is 7.85. The highest BCUT2D eigenvalue weighted by atomic mass is 32.2. The van der Waals surface area contributed by atoms with Crippen LogP contribution in [0.3, 0.4) is 0 Å². The third-order valence-electron chi connectivity index (χ3n) is 5.60. The van der Waals surface area contributed by atoms with Crippen molar-refractivity contribution in [3.63, 3.8) is 0 Å². The number of nitrogens with two attached hydrogens (primary N) is 1. The minimum Gasteiger partial charge on any atom is -0.465 e. The van der Waals surface area contributed by atoms with Gasteiger partial charge in [0.2, 0.25) is 0 Å². The molecule has 0 amide bonds. The fourth-order valence-corrected chi connectivity index (χ4v) is 3.19.